The summed E-state index contributed by atoms with van der Waals surface area (Å²) < 4.78 is 52.0. The molecule has 0 fully saturated rings. The van der Waals surface area contributed by atoms with E-state index in [2.05, 4.69) is 0 Å². The molecule has 8 heteroatoms. The average molecular weight is 460 g/mol. The van der Waals surface area contributed by atoms with Crippen molar-refractivity contribution in [3.05, 3.63) is 84.4 Å². The number of benzene rings is 3. The molecule has 0 aliphatic heterocycles. The van der Waals surface area contributed by atoms with Crippen LogP contribution in [0, 0.1) is 11.6 Å². The van der Waals surface area contributed by atoms with Crippen molar-refractivity contribution in [3.8, 4) is 21.7 Å². The Morgan fingerprint density at radius 3 is 2.10 bits per heavy atom. The van der Waals surface area contributed by atoms with Crippen molar-refractivity contribution in [1.82, 2.24) is 4.98 Å². The van der Waals surface area contributed by atoms with Gasteiger partial charge in [0.1, 0.15) is 11.6 Å². The van der Waals surface area contributed by atoms with Gasteiger partial charge in [0.2, 0.25) is 0 Å². The summed E-state index contributed by atoms with van der Waals surface area (Å²) in [7, 11) is -3.49. The Bertz CT molecular complexity index is 1300. The van der Waals surface area contributed by atoms with Crippen molar-refractivity contribution in [3.63, 3.8) is 0 Å². The highest BCUT2D eigenvalue weighted by atomic mass is 32.2. The molecule has 0 saturated carbocycles. The minimum atomic E-state index is -3.49. The maximum Gasteiger partial charge on any atom is 0.176 e. The fourth-order valence-electron chi connectivity index (χ4n) is 2.91. The molecule has 1 heterocycles. The first-order valence-corrected chi connectivity index (χ1v) is 12.3. The summed E-state index contributed by atoms with van der Waals surface area (Å²) in [4.78, 5) is 6.41. The molecule has 1 aromatic heterocycles. The minimum absolute atomic E-state index is 0.178. The second-order valence-electron chi connectivity index (χ2n) is 6.49. The number of rotatable bonds is 5. The quantitative estimate of drug-likeness (QED) is 0.351. The number of hydrogen-bond donors (Lipinski definition) is 0. The minimum Gasteiger partial charge on any atom is -0.229 e. The molecule has 0 saturated heterocycles. The Labute approximate surface area is 181 Å². The van der Waals surface area contributed by atoms with Crippen LogP contribution in [0.3, 0.4) is 0 Å². The van der Waals surface area contributed by atoms with E-state index in [4.69, 9.17) is 4.98 Å². The van der Waals surface area contributed by atoms with Crippen LogP contribution in [-0.2, 0) is 9.84 Å². The van der Waals surface area contributed by atoms with Gasteiger partial charge in [0.25, 0.3) is 0 Å². The van der Waals surface area contributed by atoms with Gasteiger partial charge in [-0.1, -0.05) is 42.1 Å². The zero-order valence-corrected chi connectivity index (χ0v) is 18.1. The van der Waals surface area contributed by atoms with Crippen molar-refractivity contribution < 1.29 is 17.2 Å². The largest absolute Gasteiger partial charge is 0.229 e. The standard InChI is InChI=1S/C22H15F2NO2S3/c1-30(26,27)19-5-3-2-4-18(19)20-21(14-6-8-15(23)9-7-14)29-22(25-20)28-17-12-10-16(24)11-13-17/h2-13H,1H3. The molecule has 3 aromatic carbocycles. The normalized spacial score (nSPS) is 11.6. The van der Waals surface area contributed by atoms with Gasteiger partial charge in [-0.05, 0) is 48.0 Å². The number of aromatic nitrogens is 1. The molecule has 4 rings (SSSR count). The van der Waals surface area contributed by atoms with E-state index in [1.165, 1.54) is 47.4 Å². The maximum atomic E-state index is 13.4. The fraction of sp³-hybridized carbons (Fsp3) is 0.0455. The van der Waals surface area contributed by atoms with Gasteiger partial charge in [0, 0.05) is 16.7 Å². The molecule has 30 heavy (non-hydrogen) atoms. The van der Waals surface area contributed by atoms with Crippen LogP contribution in [-0.4, -0.2) is 19.7 Å². The van der Waals surface area contributed by atoms with Crippen molar-refractivity contribution in [2.75, 3.05) is 6.26 Å². The Kier molecular flexibility index (Phi) is 5.73. The molecule has 0 aliphatic carbocycles. The van der Waals surface area contributed by atoms with E-state index in [0.717, 1.165) is 21.6 Å². The maximum absolute atomic E-state index is 13.4. The van der Waals surface area contributed by atoms with Gasteiger partial charge in [-0.25, -0.2) is 22.2 Å². The third kappa shape index (κ3) is 4.45. The van der Waals surface area contributed by atoms with Crippen LogP contribution in [0.25, 0.3) is 21.7 Å². The number of nitrogens with zero attached hydrogens (tertiary/aromatic N) is 1. The SMILES string of the molecule is CS(=O)(=O)c1ccccc1-c1nc(Sc2ccc(F)cc2)sc1-c1ccc(F)cc1. The van der Waals surface area contributed by atoms with Crippen LogP contribution in [0.15, 0.2) is 86.9 Å². The van der Waals surface area contributed by atoms with Crippen molar-refractivity contribution in [1.29, 1.82) is 0 Å². The van der Waals surface area contributed by atoms with Crippen molar-refractivity contribution >= 4 is 32.9 Å². The van der Waals surface area contributed by atoms with Crippen LogP contribution in [0.4, 0.5) is 8.78 Å². The summed E-state index contributed by atoms with van der Waals surface area (Å²) in [6.45, 7) is 0. The highest BCUT2D eigenvalue weighted by Gasteiger charge is 2.21. The zero-order valence-electron chi connectivity index (χ0n) is 15.7. The summed E-state index contributed by atoms with van der Waals surface area (Å²) in [5, 5.41) is 0. The number of sulfone groups is 1. The number of halogens is 2. The third-order valence-electron chi connectivity index (χ3n) is 4.27. The van der Waals surface area contributed by atoms with E-state index in [9.17, 15) is 17.2 Å². The van der Waals surface area contributed by atoms with E-state index >= 15 is 0 Å². The van der Waals surface area contributed by atoms with Crippen LogP contribution >= 0.6 is 23.1 Å². The second-order valence-corrected chi connectivity index (χ2v) is 10.8. The Morgan fingerprint density at radius 1 is 0.867 bits per heavy atom. The lowest BCUT2D eigenvalue weighted by molar-refractivity contribution is 0.602. The first-order chi connectivity index (χ1) is 14.3. The molecule has 0 radical (unpaired) electrons. The van der Waals surface area contributed by atoms with E-state index < -0.39 is 9.84 Å². The number of hydrogen-bond acceptors (Lipinski definition) is 5. The molecule has 0 atom stereocenters. The molecular formula is C22H15F2NO2S3. The first-order valence-electron chi connectivity index (χ1n) is 8.81. The smallest absolute Gasteiger partial charge is 0.176 e. The van der Waals surface area contributed by atoms with Gasteiger partial charge >= 0.3 is 0 Å². The summed E-state index contributed by atoms with van der Waals surface area (Å²) in [5.41, 5.74) is 1.73. The zero-order chi connectivity index (χ0) is 21.3. The van der Waals surface area contributed by atoms with Gasteiger partial charge in [-0.15, -0.1) is 11.3 Å². The topological polar surface area (TPSA) is 47.0 Å². The lowest BCUT2D eigenvalue weighted by Crippen LogP contribution is -2.00. The van der Waals surface area contributed by atoms with Gasteiger partial charge < -0.3 is 0 Å². The van der Waals surface area contributed by atoms with Gasteiger partial charge in [0.05, 0.1) is 15.5 Å². The molecular weight excluding hydrogens is 444 g/mol. The lowest BCUT2D eigenvalue weighted by atomic mass is 10.1. The predicted octanol–water partition coefficient (Wildman–Crippen LogP) is 6.31. The molecule has 0 unspecified atom stereocenters. The molecule has 0 N–H and O–H groups in total. The summed E-state index contributed by atoms with van der Waals surface area (Å²) >= 11 is 2.73. The van der Waals surface area contributed by atoms with E-state index in [1.807, 2.05) is 0 Å². The van der Waals surface area contributed by atoms with Crippen LogP contribution in [0.2, 0.25) is 0 Å². The number of thiazole rings is 1. The molecule has 4 aromatic rings. The Balaban J connectivity index is 1.87. The van der Waals surface area contributed by atoms with Crippen molar-refractivity contribution in [2.24, 2.45) is 0 Å². The van der Waals surface area contributed by atoms with Crippen LogP contribution < -0.4 is 0 Å². The van der Waals surface area contributed by atoms with Crippen LogP contribution in [0.5, 0.6) is 0 Å². The molecule has 0 spiro atoms. The molecule has 152 valence electrons. The summed E-state index contributed by atoms with van der Waals surface area (Å²) in [6, 6.07) is 18.7. The van der Waals surface area contributed by atoms with Gasteiger partial charge in [-0.2, -0.15) is 0 Å². The Hall–Kier alpha value is -2.55. The predicted molar refractivity (Wildman–Crippen MR) is 117 cm³/mol. The fourth-order valence-corrected chi connectivity index (χ4v) is 5.94. The van der Waals surface area contributed by atoms with Crippen LogP contribution in [0.1, 0.15) is 0 Å². The van der Waals surface area contributed by atoms with Gasteiger partial charge in [0.15, 0.2) is 14.2 Å². The monoisotopic (exact) mass is 459 g/mol. The lowest BCUT2D eigenvalue weighted by Gasteiger charge is -2.08. The van der Waals surface area contributed by atoms with E-state index in [0.29, 0.717) is 15.6 Å². The van der Waals surface area contributed by atoms with Crippen molar-refractivity contribution in [2.45, 2.75) is 14.1 Å². The van der Waals surface area contributed by atoms with E-state index in [-0.39, 0.29) is 16.5 Å². The summed E-state index contributed by atoms with van der Waals surface area (Å²) in [5.74, 6) is -0.685. The highest BCUT2D eigenvalue weighted by Crippen LogP contribution is 2.43. The second kappa shape index (κ2) is 8.29. The molecule has 0 aliphatic rings. The average Bonchev–Trinajstić information content (AvgIpc) is 3.13. The summed E-state index contributed by atoms with van der Waals surface area (Å²) in [6.07, 6.45) is 1.16. The highest BCUT2D eigenvalue weighted by molar-refractivity contribution is 8.01. The van der Waals surface area contributed by atoms with E-state index in [1.54, 1.807) is 48.5 Å². The van der Waals surface area contributed by atoms with Gasteiger partial charge in [-0.3, -0.25) is 0 Å². The molecule has 0 bridgehead atoms. The molecule has 0 amide bonds. The third-order valence-corrected chi connectivity index (χ3v) is 7.60. The Morgan fingerprint density at radius 2 is 1.47 bits per heavy atom. The first kappa shape index (κ1) is 20.7. The molecule has 3 nitrogen and oxygen atoms in total.